The van der Waals surface area contributed by atoms with Gasteiger partial charge in [0.05, 0.1) is 24.2 Å². The van der Waals surface area contributed by atoms with Crippen LogP contribution in [-0.2, 0) is 21.2 Å². The van der Waals surface area contributed by atoms with Crippen molar-refractivity contribution in [2.75, 3.05) is 12.0 Å². The van der Waals surface area contributed by atoms with E-state index in [0.717, 1.165) is 11.3 Å². The normalized spacial score (nSPS) is 11.3. The second kappa shape index (κ2) is 6.72. The van der Waals surface area contributed by atoms with E-state index >= 15 is 0 Å². The molecule has 112 valence electrons. The molecule has 1 N–H and O–H groups in total. The highest BCUT2D eigenvalue weighted by molar-refractivity contribution is 7.90. The summed E-state index contributed by atoms with van der Waals surface area (Å²) in [6.07, 6.45) is 5.85. The molecule has 2 heterocycles. The van der Waals surface area contributed by atoms with E-state index in [9.17, 15) is 13.2 Å². The van der Waals surface area contributed by atoms with Crippen LogP contribution in [0.1, 0.15) is 12.1 Å². The van der Waals surface area contributed by atoms with E-state index in [1.807, 2.05) is 5.38 Å². The van der Waals surface area contributed by atoms with E-state index in [4.69, 9.17) is 0 Å². The molecular formula is C12H14N4O3S2. The lowest BCUT2D eigenvalue weighted by Crippen LogP contribution is -2.25. The first-order chi connectivity index (χ1) is 9.94. The van der Waals surface area contributed by atoms with Crippen LogP contribution in [0.3, 0.4) is 0 Å². The van der Waals surface area contributed by atoms with E-state index in [-0.39, 0.29) is 24.6 Å². The number of hydrogen-bond acceptors (Lipinski definition) is 7. The summed E-state index contributed by atoms with van der Waals surface area (Å²) < 4.78 is 21.9. The Kier molecular flexibility index (Phi) is 4.97. The third kappa shape index (κ3) is 5.20. The number of hydrogen-bond donors (Lipinski definition) is 1. The predicted molar refractivity (Wildman–Crippen MR) is 79.3 cm³/mol. The van der Waals surface area contributed by atoms with Crippen molar-refractivity contribution in [1.82, 2.24) is 20.3 Å². The molecule has 0 unspecified atom stereocenters. The van der Waals surface area contributed by atoms with Gasteiger partial charge in [-0.2, -0.15) is 0 Å². The quantitative estimate of drug-likeness (QED) is 0.836. The summed E-state index contributed by atoms with van der Waals surface area (Å²) in [7, 11) is -3.12. The molecule has 0 radical (unpaired) electrons. The maximum atomic E-state index is 11.5. The van der Waals surface area contributed by atoms with E-state index in [1.165, 1.54) is 11.3 Å². The second-order valence-electron chi connectivity index (χ2n) is 4.39. The van der Waals surface area contributed by atoms with Gasteiger partial charge in [0.25, 0.3) is 0 Å². The Morgan fingerprint density at radius 1 is 1.38 bits per heavy atom. The molecule has 0 aliphatic rings. The fraction of sp³-hybridized carbons (Fsp3) is 0.333. The minimum absolute atomic E-state index is 0.0417. The van der Waals surface area contributed by atoms with Gasteiger partial charge < -0.3 is 5.32 Å². The van der Waals surface area contributed by atoms with E-state index in [2.05, 4.69) is 20.3 Å². The van der Waals surface area contributed by atoms with Crippen molar-refractivity contribution in [3.05, 3.63) is 29.7 Å². The van der Waals surface area contributed by atoms with Crippen molar-refractivity contribution in [3.8, 4) is 10.7 Å². The fourth-order valence-electron chi connectivity index (χ4n) is 1.47. The maximum absolute atomic E-state index is 11.5. The van der Waals surface area contributed by atoms with Gasteiger partial charge in [0.15, 0.2) is 0 Å². The molecule has 0 fully saturated rings. The Morgan fingerprint density at radius 2 is 2.19 bits per heavy atom. The standard InChI is InChI=1S/C12H14N4O3S2/c1-21(18,19)5-2-11(17)15-6-9-8-20-12(16-9)10-7-13-3-4-14-10/h3-4,7-8H,2,5-6H2,1H3,(H,15,17). The number of nitrogens with one attached hydrogen (secondary N) is 1. The minimum atomic E-state index is -3.12. The van der Waals surface area contributed by atoms with Crippen LogP contribution >= 0.6 is 11.3 Å². The van der Waals surface area contributed by atoms with Crippen LogP contribution in [-0.4, -0.2) is 41.3 Å². The van der Waals surface area contributed by atoms with Crippen molar-refractivity contribution in [3.63, 3.8) is 0 Å². The highest BCUT2D eigenvalue weighted by Gasteiger charge is 2.09. The predicted octanol–water partition coefficient (Wildman–Crippen LogP) is 0.651. The van der Waals surface area contributed by atoms with Crippen LogP contribution < -0.4 is 5.32 Å². The third-order valence-electron chi connectivity index (χ3n) is 2.50. The zero-order chi connectivity index (χ0) is 15.3. The third-order valence-corrected chi connectivity index (χ3v) is 4.36. The van der Waals surface area contributed by atoms with Crippen LogP contribution in [0, 0.1) is 0 Å². The first-order valence-electron chi connectivity index (χ1n) is 6.09. The fourth-order valence-corrected chi connectivity index (χ4v) is 2.81. The molecule has 0 aliphatic carbocycles. The van der Waals surface area contributed by atoms with E-state index in [1.54, 1.807) is 18.6 Å². The lowest BCUT2D eigenvalue weighted by Gasteiger charge is -2.02. The van der Waals surface area contributed by atoms with Gasteiger partial charge in [-0.3, -0.25) is 14.8 Å². The topological polar surface area (TPSA) is 102 Å². The summed E-state index contributed by atoms with van der Waals surface area (Å²) in [5.74, 6) is -0.463. The first kappa shape index (κ1) is 15.5. The maximum Gasteiger partial charge on any atom is 0.221 e. The van der Waals surface area contributed by atoms with Crippen LogP contribution in [0.5, 0.6) is 0 Å². The molecule has 1 amide bonds. The smallest absolute Gasteiger partial charge is 0.221 e. The summed E-state index contributed by atoms with van der Waals surface area (Å²) in [5, 5.41) is 5.19. The molecule has 0 spiro atoms. The number of sulfone groups is 1. The summed E-state index contributed by atoms with van der Waals surface area (Å²) in [4.78, 5) is 24.0. The van der Waals surface area contributed by atoms with Gasteiger partial charge >= 0.3 is 0 Å². The molecule has 2 aromatic rings. The highest BCUT2D eigenvalue weighted by Crippen LogP contribution is 2.20. The zero-order valence-electron chi connectivity index (χ0n) is 11.3. The SMILES string of the molecule is CS(=O)(=O)CCC(=O)NCc1csc(-c2cnccn2)n1. The monoisotopic (exact) mass is 326 g/mol. The van der Waals surface area contributed by atoms with Crippen molar-refractivity contribution in [1.29, 1.82) is 0 Å². The molecule has 0 saturated carbocycles. The van der Waals surface area contributed by atoms with Crippen LogP contribution in [0.25, 0.3) is 10.7 Å². The lowest BCUT2D eigenvalue weighted by molar-refractivity contribution is -0.120. The molecule has 0 aliphatic heterocycles. The molecule has 21 heavy (non-hydrogen) atoms. The number of carbonyl (C=O) groups is 1. The van der Waals surface area contributed by atoms with Gasteiger partial charge in [-0.1, -0.05) is 0 Å². The molecule has 0 aromatic carbocycles. The summed E-state index contributed by atoms with van der Waals surface area (Å²) in [6.45, 7) is 0.263. The van der Waals surface area contributed by atoms with Gasteiger partial charge in [0.2, 0.25) is 5.91 Å². The number of rotatable bonds is 6. The molecule has 9 heteroatoms. The number of amides is 1. The average molecular weight is 326 g/mol. The van der Waals surface area contributed by atoms with Gasteiger partial charge in [0.1, 0.15) is 20.5 Å². The molecule has 0 atom stereocenters. The Morgan fingerprint density at radius 3 is 2.86 bits per heavy atom. The average Bonchev–Trinajstić information content (AvgIpc) is 2.92. The van der Waals surface area contributed by atoms with Gasteiger partial charge in [-0.15, -0.1) is 11.3 Å². The Bertz CT molecular complexity index is 713. The first-order valence-corrected chi connectivity index (χ1v) is 9.03. The number of nitrogens with zero attached hydrogens (tertiary/aromatic N) is 3. The van der Waals surface area contributed by atoms with E-state index in [0.29, 0.717) is 11.4 Å². The van der Waals surface area contributed by atoms with Crippen molar-refractivity contribution in [2.45, 2.75) is 13.0 Å². The molecule has 0 saturated heterocycles. The Hall–Kier alpha value is -1.87. The Balaban J connectivity index is 1.87. The summed E-state index contributed by atoms with van der Waals surface area (Å²) >= 11 is 1.41. The number of aromatic nitrogens is 3. The van der Waals surface area contributed by atoms with E-state index < -0.39 is 9.84 Å². The van der Waals surface area contributed by atoms with Gasteiger partial charge in [0, 0.05) is 30.5 Å². The summed E-state index contributed by atoms with van der Waals surface area (Å²) in [5.41, 5.74) is 1.38. The molecule has 2 aromatic heterocycles. The van der Waals surface area contributed by atoms with Gasteiger partial charge in [-0.25, -0.2) is 13.4 Å². The number of carbonyl (C=O) groups excluding carboxylic acids is 1. The highest BCUT2D eigenvalue weighted by atomic mass is 32.2. The number of thiazole rings is 1. The van der Waals surface area contributed by atoms with Crippen LogP contribution in [0.15, 0.2) is 24.0 Å². The van der Waals surface area contributed by atoms with Crippen molar-refractivity contribution < 1.29 is 13.2 Å². The largest absolute Gasteiger partial charge is 0.350 e. The van der Waals surface area contributed by atoms with Crippen LogP contribution in [0.4, 0.5) is 0 Å². The molecule has 0 bridgehead atoms. The minimum Gasteiger partial charge on any atom is -0.350 e. The second-order valence-corrected chi connectivity index (χ2v) is 7.51. The van der Waals surface area contributed by atoms with Crippen LogP contribution in [0.2, 0.25) is 0 Å². The zero-order valence-corrected chi connectivity index (χ0v) is 12.9. The molecule has 2 rings (SSSR count). The summed E-state index contributed by atoms with van der Waals surface area (Å²) in [6, 6.07) is 0. The van der Waals surface area contributed by atoms with Gasteiger partial charge in [-0.05, 0) is 0 Å². The lowest BCUT2D eigenvalue weighted by atomic mass is 10.4. The van der Waals surface area contributed by atoms with Crippen molar-refractivity contribution >= 4 is 27.1 Å². The van der Waals surface area contributed by atoms with Crippen molar-refractivity contribution in [2.24, 2.45) is 0 Å². The molecular weight excluding hydrogens is 312 g/mol. The molecule has 7 nitrogen and oxygen atoms in total. The Labute approximate surface area is 126 Å².